The second-order valence-electron chi connectivity index (χ2n) is 3.64. The van der Waals surface area contributed by atoms with Crippen molar-refractivity contribution in [3.8, 4) is 0 Å². The molecule has 0 N–H and O–H groups in total. The van der Waals surface area contributed by atoms with Crippen LogP contribution in [0, 0.1) is 5.92 Å². The number of furan rings is 1. The first-order chi connectivity index (χ1) is 7.24. The van der Waals surface area contributed by atoms with Gasteiger partial charge in [0, 0.05) is 12.3 Å². The van der Waals surface area contributed by atoms with Crippen LogP contribution in [0.25, 0.3) is 0 Å². The average molecular weight is 204 g/mol. The summed E-state index contributed by atoms with van der Waals surface area (Å²) in [6, 6.07) is 1.89. The third kappa shape index (κ3) is 4.01. The van der Waals surface area contributed by atoms with Gasteiger partial charge in [0.2, 0.25) is 0 Å². The molecule has 0 aliphatic rings. The Morgan fingerprint density at radius 1 is 1.73 bits per heavy atom. The second kappa shape index (κ2) is 6.05. The summed E-state index contributed by atoms with van der Waals surface area (Å²) in [7, 11) is 0. The van der Waals surface area contributed by atoms with E-state index in [9.17, 15) is 4.79 Å². The molecule has 0 saturated carbocycles. The van der Waals surface area contributed by atoms with Gasteiger partial charge in [0.15, 0.2) is 0 Å². The molecular weight excluding hydrogens is 188 g/mol. The molecule has 0 saturated heterocycles. The van der Waals surface area contributed by atoms with Crippen LogP contribution in [0.1, 0.15) is 25.3 Å². The van der Waals surface area contributed by atoms with Gasteiger partial charge in [0.05, 0.1) is 12.5 Å². The van der Waals surface area contributed by atoms with Gasteiger partial charge in [-0.05, 0) is 30.5 Å². The number of carbonyl (C=O) groups excluding carboxylic acids is 1. The third-order valence-electron chi connectivity index (χ3n) is 2.41. The molecule has 1 rings (SSSR count). The number of Topliss-reactive ketones (excluding diaryl/α,β-unsaturated/α-hetero) is 1. The van der Waals surface area contributed by atoms with Crippen molar-refractivity contribution in [2.75, 3.05) is 0 Å². The summed E-state index contributed by atoms with van der Waals surface area (Å²) in [5.41, 5.74) is 3.76. The van der Waals surface area contributed by atoms with Crippen LogP contribution in [-0.4, -0.2) is 5.78 Å². The number of hydrogen-bond acceptors (Lipinski definition) is 2. The van der Waals surface area contributed by atoms with Gasteiger partial charge in [-0.3, -0.25) is 4.79 Å². The first-order valence-corrected chi connectivity index (χ1v) is 5.12. The molecule has 0 fully saturated rings. The largest absolute Gasteiger partial charge is 0.472 e. The fourth-order valence-corrected chi connectivity index (χ4v) is 1.34. The Bertz CT molecular complexity index is 343. The topological polar surface area (TPSA) is 30.2 Å². The van der Waals surface area contributed by atoms with Gasteiger partial charge in [-0.25, -0.2) is 0 Å². The van der Waals surface area contributed by atoms with Crippen molar-refractivity contribution in [1.82, 2.24) is 0 Å². The zero-order chi connectivity index (χ0) is 11.1. The van der Waals surface area contributed by atoms with Crippen LogP contribution >= 0.6 is 0 Å². The van der Waals surface area contributed by atoms with Gasteiger partial charge < -0.3 is 4.42 Å². The highest BCUT2D eigenvalue weighted by Gasteiger charge is 2.11. The van der Waals surface area contributed by atoms with Crippen molar-refractivity contribution in [3.05, 3.63) is 42.5 Å². The zero-order valence-corrected chi connectivity index (χ0v) is 9.03. The zero-order valence-electron chi connectivity index (χ0n) is 9.03. The lowest BCUT2D eigenvalue weighted by molar-refractivity contribution is -0.122. The molecular formula is C13H16O2. The molecule has 1 heterocycles. The number of allylic oxidation sites excluding steroid dienone is 1. The highest BCUT2D eigenvalue weighted by Crippen LogP contribution is 2.10. The third-order valence-corrected chi connectivity index (χ3v) is 2.41. The molecule has 0 aliphatic heterocycles. The summed E-state index contributed by atoms with van der Waals surface area (Å²) in [5.74, 6) is 0.342. The van der Waals surface area contributed by atoms with Gasteiger partial charge >= 0.3 is 0 Å². The molecule has 0 spiro atoms. The van der Waals surface area contributed by atoms with Crippen molar-refractivity contribution < 1.29 is 9.21 Å². The van der Waals surface area contributed by atoms with E-state index < -0.39 is 0 Å². The van der Waals surface area contributed by atoms with Crippen LogP contribution in [-0.2, 0) is 11.2 Å². The molecule has 0 aromatic carbocycles. The van der Waals surface area contributed by atoms with E-state index in [0.717, 1.165) is 18.4 Å². The van der Waals surface area contributed by atoms with Gasteiger partial charge in [0.1, 0.15) is 5.78 Å². The molecule has 0 bridgehead atoms. The van der Waals surface area contributed by atoms with E-state index in [1.54, 1.807) is 18.6 Å². The molecule has 1 atom stereocenters. The summed E-state index contributed by atoms with van der Waals surface area (Å²) in [5, 5.41) is 0. The molecule has 0 aliphatic carbocycles. The minimum absolute atomic E-state index is 0.0613. The fourth-order valence-electron chi connectivity index (χ4n) is 1.34. The lowest BCUT2D eigenvalue weighted by Crippen LogP contribution is -2.10. The number of rotatable bonds is 6. The smallest absolute Gasteiger partial charge is 0.136 e. The van der Waals surface area contributed by atoms with E-state index in [1.807, 2.05) is 13.0 Å². The maximum atomic E-state index is 11.6. The predicted octanol–water partition coefficient (Wildman–Crippen LogP) is 3.15. The lowest BCUT2D eigenvalue weighted by atomic mass is 9.98. The summed E-state index contributed by atoms with van der Waals surface area (Å²) in [6.45, 7) is 5.41. The Balaban J connectivity index is 2.32. The van der Waals surface area contributed by atoms with Crippen LogP contribution in [0.15, 0.2) is 41.4 Å². The fraction of sp³-hybridized carbons (Fsp3) is 0.385. The van der Waals surface area contributed by atoms with Gasteiger partial charge in [0.25, 0.3) is 0 Å². The summed E-state index contributed by atoms with van der Waals surface area (Å²) < 4.78 is 4.94. The quantitative estimate of drug-likeness (QED) is 0.666. The molecule has 0 radical (unpaired) electrons. The van der Waals surface area contributed by atoms with Gasteiger partial charge in [-0.15, -0.1) is 5.73 Å². The normalized spacial score (nSPS) is 11.8. The van der Waals surface area contributed by atoms with Crippen molar-refractivity contribution in [2.45, 2.75) is 26.2 Å². The van der Waals surface area contributed by atoms with E-state index in [2.05, 4.69) is 12.3 Å². The highest BCUT2D eigenvalue weighted by molar-refractivity contribution is 5.81. The number of carbonyl (C=O) groups is 1. The maximum absolute atomic E-state index is 11.6. The standard InChI is InChI=1S/C13H16O2/c1-3-4-5-11(2)13(14)7-6-12-8-9-15-10-12/h4,8-11H,1,5-7H2,2H3. The van der Waals surface area contributed by atoms with E-state index in [4.69, 9.17) is 4.42 Å². The number of ketones is 1. The number of hydrogen-bond donors (Lipinski definition) is 0. The summed E-state index contributed by atoms with van der Waals surface area (Å²) in [4.78, 5) is 11.6. The van der Waals surface area contributed by atoms with Crippen molar-refractivity contribution in [2.24, 2.45) is 5.92 Å². The first-order valence-electron chi connectivity index (χ1n) is 5.12. The van der Waals surface area contributed by atoms with Crippen molar-refractivity contribution in [3.63, 3.8) is 0 Å². The Kier molecular flexibility index (Phi) is 4.65. The predicted molar refractivity (Wildman–Crippen MR) is 59.5 cm³/mol. The lowest BCUT2D eigenvalue weighted by Gasteiger charge is -2.05. The van der Waals surface area contributed by atoms with E-state index >= 15 is 0 Å². The molecule has 2 heteroatoms. The summed E-state index contributed by atoms with van der Waals surface area (Å²) >= 11 is 0. The molecule has 0 amide bonds. The van der Waals surface area contributed by atoms with Gasteiger partial charge in [-0.2, -0.15) is 0 Å². The van der Waals surface area contributed by atoms with E-state index in [-0.39, 0.29) is 11.7 Å². The Morgan fingerprint density at radius 2 is 2.53 bits per heavy atom. The molecule has 1 aromatic rings. The Hall–Kier alpha value is -1.53. The number of aryl methyl sites for hydroxylation is 1. The monoisotopic (exact) mass is 204 g/mol. The van der Waals surface area contributed by atoms with Crippen LogP contribution in [0.3, 0.4) is 0 Å². The minimum atomic E-state index is 0.0613. The van der Waals surface area contributed by atoms with Crippen LogP contribution in [0.4, 0.5) is 0 Å². The Morgan fingerprint density at radius 3 is 3.13 bits per heavy atom. The van der Waals surface area contributed by atoms with Gasteiger partial charge in [-0.1, -0.05) is 13.5 Å². The van der Waals surface area contributed by atoms with E-state index in [1.165, 1.54) is 0 Å². The molecule has 2 nitrogen and oxygen atoms in total. The van der Waals surface area contributed by atoms with Crippen molar-refractivity contribution >= 4 is 5.78 Å². The second-order valence-corrected chi connectivity index (χ2v) is 3.64. The van der Waals surface area contributed by atoms with Crippen LogP contribution in [0.5, 0.6) is 0 Å². The molecule has 1 unspecified atom stereocenters. The minimum Gasteiger partial charge on any atom is -0.472 e. The van der Waals surface area contributed by atoms with E-state index in [0.29, 0.717) is 6.42 Å². The summed E-state index contributed by atoms with van der Waals surface area (Å²) in [6.07, 6.45) is 7.18. The maximum Gasteiger partial charge on any atom is 0.136 e. The highest BCUT2D eigenvalue weighted by atomic mass is 16.3. The molecule has 15 heavy (non-hydrogen) atoms. The molecule has 80 valence electrons. The van der Waals surface area contributed by atoms with Crippen molar-refractivity contribution in [1.29, 1.82) is 0 Å². The SMILES string of the molecule is C=C=CCC(C)C(=O)CCc1ccoc1. The average Bonchev–Trinajstić information content (AvgIpc) is 2.75. The van der Waals surface area contributed by atoms with Crippen LogP contribution < -0.4 is 0 Å². The Labute approximate surface area is 90.3 Å². The first kappa shape index (κ1) is 11.5. The van der Waals surface area contributed by atoms with Crippen LogP contribution in [0.2, 0.25) is 0 Å². The molecule has 1 aromatic heterocycles.